The smallest absolute Gasteiger partial charge is 0.224 e. The highest BCUT2D eigenvalue weighted by Crippen LogP contribution is 2.29. The highest BCUT2D eigenvalue weighted by atomic mass is 32.1. The lowest BCUT2D eigenvalue weighted by Gasteiger charge is -2.31. The van der Waals surface area contributed by atoms with Gasteiger partial charge in [-0.15, -0.1) is 5.10 Å². The van der Waals surface area contributed by atoms with E-state index in [9.17, 15) is 4.79 Å². The minimum atomic E-state index is 0.0399. The molecule has 1 aliphatic heterocycles. The minimum absolute atomic E-state index is 0.0399. The van der Waals surface area contributed by atoms with Crippen molar-refractivity contribution in [2.24, 2.45) is 5.92 Å². The number of piperidine rings is 1. The molecule has 2 aromatic heterocycles. The Kier molecular flexibility index (Phi) is 4.17. The topological polar surface area (TPSA) is 62.5 Å². The first-order chi connectivity index (χ1) is 12.1. The summed E-state index contributed by atoms with van der Waals surface area (Å²) in [7, 11) is 1.70. The van der Waals surface area contributed by atoms with E-state index in [2.05, 4.69) is 46.5 Å². The molecule has 3 heterocycles. The molecule has 1 atom stereocenters. The fraction of sp³-hybridized carbons (Fsp3) is 0.389. The van der Waals surface area contributed by atoms with Gasteiger partial charge in [-0.2, -0.15) is 0 Å². The van der Waals surface area contributed by atoms with E-state index in [1.54, 1.807) is 18.4 Å². The molecular weight excluding hydrogens is 334 g/mol. The Hall–Kier alpha value is -2.41. The van der Waals surface area contributed by atoms with E-state index in [1.807, 2.05) is 10.7 Å². The van der Waals surface area contributed by atoms with Crippen LogP contribution in [0.25, 0.3) is 16.2 Å². The fourth-order valence-corrected chi connectivity index (χ4v) is 4.17. The lowest BCUT2D eigenvalue weighted by molar-refractivity contribution is -0.124. The highest BCUT2D eigenvalue weighted by Gasteiger charge is 2.27. The van der Waals surface area contributed by atoms with Crippen molar-refractivity contribution in [3.63, 3.8) is 0 Å². The molecule has 0 radical (unpaired) electrons. The molecule has 0 aliphatic carbocycles. The molecule has 4 rings (SSSR count). The first kappa shape index (κ1) is 16.1. The van der Waals surface area contributed by atoms with Gasteiger partial charge in [-0.3, -0.25) is 4.79 Å². The number of imidazole rings is 1. The van der Waals surface area contributed by atoms with Crippen molar-refractivity contribution in [3.05, 3.63) is 36.0 Å². The summed E-state index contributed by atoms with van der Waals surface area (Å²) in [6.45, 7) is 3.74. The second kappa shape index (κ2) is 6.48. The second-order valence-corrected chi connectivity index (χ2v) is 7.44. The molecule has 1 saturated heterocycles. The zero-order chi connectivity index (χ0) is 17.4. The number of benzene rings is 1. The lowest BCUT2D eigenvalue weighted by atomic mass is 9.98. The van der Waals surface area contributed by atoms with Gasteiger partial charge in [0.25, 0.3) is 0 Å². The average Bonchev–Trinajstić information content (AvgIpc) is 3.21. The number of anilines is 1. The molecule has 1 aromatic carbocycles. The number of carbonyl (C=O) groups excluding carboxylic acids is 1. The maximum atomic E-state index is 11.9. The van der Waals surface area contributed by atoms with Crippen LogP contribution in [0.15, 0.2) is 30.5 Å². The molecule has 7 heteroatoms. The summed E-state index contributed by atoms with van der Waals surface area (Å²) < 4.78 is 1.85. The van der Waals surface area contributed by atoms with Crippen LogP contribution in [0.1, 0.15) is 18.4 Å². The summed E-state index contributed by atoms with van der Waals surface area (Å²) in [6, 6.07) is 8.35. The number of nitrogens with one attached hydrogen (secondary N) is 1. The number of fused-ring (bicyclic) bond motifs is 1. The molecule has 1 fully saturated rings. The third-order valence-electron chi connectivity index (χ3n) is 4.69. The Morgan fingerprint density at radius 3 is 2.84 bits per heavy atom. The summed E-state index contributed by atoms with van der Waals surface area (Å²) >= 11 is 1.58. The summed E-state index contributed by atoms with van der Waals surface area (Å²) in [6.07, 6.45) is 3.92. The van der Waals surface area contributed by atoms with Crippen molar-refractivity contribution in [1.29, 1.82) is 0 Å². The number of amides is 1. The molecule has 1 N–H and O–H groups in total. The largest absolute Gasteiger partial charge is 0.359 e. The number of aryl methyl sites for hydroxylation is 1. The van der Waals surface area contributed by atoms with E-state index < -0.39 is 0 Å². The molecule has 0 bridgehead atoms. The fourth-order valence-electron chi connectivity index (χ4n) is 3.25. The Morgan fingerprint density at radius 2 is 2.12 bits per heavy atom. The van der Waals surface area contributed by atoms with Crippen LogP contribution in [-0.2, 0) is 4.79 Å². The average molecular weight is 355 g/mol. The normalized spacial score (nSPS) is 17.8. The third kappa shape index (κ3) is 3.11. The summed E-state index contributed by atoms with van der Waals surface area (Å²) in [5.41, 5.74) is 3.27. The maximum absolute atomic E-state index is 11.9. The number of aromatic nitrogens is 3. The quantitative estimate of drug-likeness (QED) is 0.785. The molecule has 130 valence electrons. The number of nitrogens with zero attached hydrogens (tertiary/aromatic N) is 4. The first-order valence-corrected chi connectivity index (χ1v) is 9.35. The van der Waals surface area contributed by atoms with Gasteiger partial charge >= 0.3 is 0 Å². The summed E-state index contributed by atoms with van der Waals surface area (Å²) in [4.78, 5) is 19.7. The highest BCUT2D eigenvalue weighted by molar-refractivity contribution is 7.20. The number of rotatable bonds is 3. The minimum Gasteiger partial charge on any atom is -0.359 e. The van der Waals surface area contributed by atoms with Crippen molar-refractivity contribution in [1.82, 2.24) is 19.9 Å². The lowest BCUT2D eigenvalue weighted by Crippen LogP contribution is -2.42. The van der Waals surface area contributed by atoms with Crippen LogP contribution < -0.4 is 10.2 Å². The summed E-state index contributed by atoms with van der Waals surface area (Å²) in [5.74, 6) is 0.158. The van der Waals surface area contributed by atoms with E-state index in [4.69, 9.17) is 4.98 Å². The Labute approximate surface area is 150 Å². The molecule has 1 aliphatic rings. The zero-order valence-electron chi connectivity index (χ0n) is 14.4. The SMILES string of the molecule is CNC(=O)C1CCCN(c2nn3cc(-c4ccc(C)cc4)nc3s2)C1. The molecule has 1 unspecified atom stereocenters. The van der Waals surface area contributed by atoms with E-state index >= 15 is 0 Å². The van der Waals surface area contributed by atoms with Crippen molar-refractivity contribution < 1.29 is 4.79 Å². The van der Waals surface area contributed by atoms with Crippen LogP contribution in [-0.4, -0.2) is 40.6 Å². The number of hydrogen-bond acceptors (Lipinski definition) is 5. The molecule has 0 saturated carbocycles. The van der Waals surface area contributed by atoms with Crippen LogP contribution in [0.3, 0.4) is 0 Å². The number of carbonyl (C=O) groups is 1. The maximum Gasteiger partial charge on any atom is 0.224 e. The monoisotopic (exact) mass is 355 g/mol. The Morgan fingerprint density at radius 1 is 1.32 bits per heavy atom. The molecule has 25 heavy (non-hydrogen) atoms. The van der Waals surface area contributed by atoms with Crippen LogP contribution in [0.4, 0.5) is 5.13 Å². The van der Waals surface area contributed by atoms with Gasteiger partial charge in [-0.05, 0) is 19.8 Å². The van der Waals surface area contributed by atoms with Crippen LogP contribution in [0.5, 0.6) is 0 Å². The third-order valence-corrected chi connectivity index (χ3v) is 5.67. The van der Waals surface area contributed by atoms with Crippen LogP contribution >= 0.6 is 11.3 Å². The molecule has 1 amide bonds. The van der Waals surface area contributed by atoms with E-state index in [0.717, 1.165) is 47.3 Å². The van der Waals surface area contributed by atoms with Crippen LogP contribution in [0, 0.1) is 12.8 Å². The van der Waals surface area contributed by atoms with Gasteiger partial charge in [0.2, 0.25) is 16.0 Å². The van der Waals surface area contributed by atoms with Gasteiger partial charge in [0.05, 0.1) is 17.8 Å². The summed E-state index contributed by atoms with van der Waals surface area (Å²) in [5, 5.41) is 8.38. The van der Waals surface area contributed by atoms with Gasteiger partial charge < -0.3 is 10.2 Å². The van der Waals surface area contributed by atoms with E-state index in [0.29, 0.717) is 0 Å². The zero-order valence-corrected chi connectivity index (χ0v) is 15.2. The number of hydrogen-bond donors (Lipinski definition) is 1. The van der Waals surface area contributed by atoms with E-state index in [-0.39, 0.29) is 11.8 Å². The van der Waals surface area contributed by atoms with Crippen molar-refractivity contribution in [2.75, 3.05) is 25.0 Å². The van der Waals surface area contributed by atoms with E-state index in [1.165, 1.54) is 5.56 Å². The Bertz CT molecular complexity index is 866. The molecule has 0 spiro atoms. The van der Waals surface area contributed by atoms with Crippen LogP contribution in [0.2, 0.25) is 0 Å². The predicted octanol–water partition coefficient (Wildman–Crippen LogP) is 2.73. The first-order valence-electron chi connectivity index (χ1n) is 8.54. The standard InChI is InChI=1S/C18H21N5OS/c1-12-5-7-13(8-6-12)15-11-23-17(20-15)25-18(21-23)22-9-3-4-14(10-22)16(24)19-2/h5-8,11,14H,3-4,9-10H2,1-2H3,(H,19,24). The van der Waals surface area contributed by atoms with Gasteiger partial charge in [-0.1, -0.05) is 41.2 Å². The van der Waals surface area contributed by atoms with Gasteiger partial charge in [0.15, 0.2) is 0 Å². The van der Waals surface area contributed by atoms with Crippen molar-refractivity contribution in [3.8, 4) is 11.3 Å². The van der Waals surface area contributed by atoms with Crippen molar-refractivity contribution in [2.45, 2.75) is 19.8 Å². The van der Waals surface area contributed by atoms with Gasteiger partial charge in [-0.25, -0.2) is 9.50 Å². The second-order valence-electron chi connectivity index (χ2n) is 6.50. The van der Waals surface area contributed by atoms with Crippen molar-refractivity contribution >= 4 is 27.3 Å². The molecule has 3 aromatic rings. The predicted molar refractivity (Wildman–Crippen MR) is 100 cm³/mol. The van der Waals surface area contributed by atoms with Gasteiger partial charge in [0, 0.05) is 25.7 Å². The molecule has 6 nitrogen and oxygen atoms in total. The molecular formula is C18H21N5OS. The van der Waals surface area contributed by atoms with Gasteiger partial charge in [0.1, 0.15) is 0 Å². The Balaban J connectivity index is 1.57.